The van der Waals surface area contributed by atoms with Gasteiger partial charge in [0.15, 0.2) is 11.6 Å². The van der Waals surface area contributed by atoms with Crippen LogP contribution in [-0.2, 0) is 14.4 Å². The minimum atomic E-state index is -1.46. The Bertz CT molecular complexity index is 825. The monoisotopic (exact) mass is 350 g/mol. The minimum absolute atomic E-state index is 0.0123. The molecule has 0 aliphatic rings. The molecule has 0 aliphatic carbocycles. The van der Waals surface area contributed by atoms with Gasteiger partial charge in [0.1, 0.15) is 23.2 Å². The summed E-state index contributed by atoms with van der Waals surface area (Å²) >= 11 is 0. The van der Waals surface area contributed by atoms with Gasteiger partial charge in [0.05, 0.1) is 0 Å². The fourth-order valence-electron chi connectivity index (χ4n) is 2.33. The van der Waals surface area contributed by atoms with Crippen LogP contribution in [0.1, 0.15) is 18.1 Å². The van der Waals surface area contributed by atoms with Crippen molar-refractivity contribution < 1.29 is 24.6 Å². The van der Waals surface area contributed by atoms with Gasteiger partial charge in [-0.05, 0) is 43.4 Å². The molecule has 0 amide bonds. The molecule has 2 aromatic carbocycles. The summed E-state index contributed by atoms with van der Waals surface area (Å²) < 4.78 is 0. The average molecular weight is 350 g/mol. The van der Waals surface area contributed by atoms with Crippen LogP contribution in [0.4, 0.5) is 0 Å². The van der Waals surface area contributed by atoms with E-state index in [2.05, 4.69) is 0 Å². The van der Waals surface area contributed by atoms with Crippen LogP contribution in [0.2, 0.25) is 0 Å². The van der Waals surface area contributed by atoms with E-state index in [1.54, 1.807) is 36.4 Å². The van der Waals surface area contributed by atoms with E-state index in [9.17, 15) is 24.6 Å². The van der Waals surface area contributed by atoms with Gasteiger partial charge in [-0.1, -0.05) is 36.4 Å². The van der Waals surface area contributed by atoms with Crippen molar-refractivity contribution in [1.29, 1.82) is 0 Å². The maximum absolute atomic E-state index is 12.3. The third-order valence-electron chi connectivity index (χ3n) is 3.70. The fraction of sp³-hybridized carbons (Fsp3) is 0.0952. The molecular weight excluding hydrogens is 332 g/mol. The topological polar surface area (TPSA) is 91.7 Å². The first-order valence-corrected chi connectivity index (χ1v) is 7.90. The van der Waals surface area contributed by atoms with E-state index < -0.39 is 23.3 Å². The molecule has 26 heavy (non-hydrogen) atoms. The molecular formula is C21H18O5. The molecule has 0 unspecified atom stereocenters. The van der Waals surface area contributed by atoms with E-state index in [0.29, 0.717) is 11.1 Å². The van der Waals surface area contributed by atoms with E-state index >= 15 is 0 Å². The van der Waals surface area contributed by atoms with Crippen LogP contribution in [0, 0.1) is 5.92 Å². The molecule has 132 valence electrons. The van der Waals surface area contributed by atoms with Gasteiger partial charge in [0.25, 0.3) is 0 Å². The zero-order valence-electron chi connectivity index (χ0n) is 14.1. The van der Waals surface area contributed by atoms with Crippen molar-refractivity contribution in [1.82, 2.24) is 0 Å². The van der Waals surface area contributed by atoms with E-state index in [1.807, 2.05) is 0 Å². The molecule has 0 heterocycles. The normalized spacial score (nSPS) is 11.3. The lowest BCUT2D eigenvalue weighted by molar-refractivity contribution is -0.135. The zero-order chi connectivity index (χ0) is 19.1. The fourth-order valence-corrected chi connectivity index (χ4v) is 2.33. The van der Waals surface area contributed by atoms with Crippen LogP contribution in [0.25, 0.3) is 12.2 Å². The second-order valence-electron chi connectivity index (χ2n) is 5.63. The Balaban J connectivity index is 2.18. The number of allylic oxidation sites excluding steroid dienone is 2. The standard InChI is InChI=1S/C21H18O5/c1-14(22)21(19(25)12-10-15-6-2-4-8-17(15)23)20(26)13-11-16-7-3-5-9-18(16)24/h2-13,21,23-24H,1H3/b12-10+,13-11+. The maximum Gasteiger partial charge on any atom is 0.173 e. The first kappa shape index (κ1) is 18.9. The Hall–Kier alpha value is -3.47. The van der Waals surface area contributed by atoms with Gasteiger partial charge in [-0.3, -0.25) is 14.4 Å². The van der Waals surface area contributed by atoms with Crippen molar-refractivity contribution in [2.24, 2.45) is 5.92 Å². The maximum atomic E-state index is 12.3. The average Bonchev–Trinajstić information content (AvgIpc) is 2.60. The van der Waals surface area contributed by atoms with Gasteiger partial charge in [0, 0.05) is 11.1 Å². The smallest absolute Gasteiger partial charge is 0.173 e. The van der Waals surface area contributed by atoms with Gasteiger partial charge in [0.2, 0.25) is 0 Å². The molecule has 5 nitrogen and oxygen atoms in total. The van der Waals surface area contributed by atoms with Crippen molar-refractivity contribution in [2.75, 3.05) is 0 Å². The van der Waals surface area contributed by atoms with Crippen molar-refractivity contribution in [3.8, 4) is 11.5 Å². The Morgan fingerprint density at radius 3 is 1.50 bits per heavy atom. The molecule has 0 aromatic heterocycles. The second kappa shape index (κ2) is 8.58. The second-order valence-corrected chi connectivity index (χ2v) is 5.63. The Morgan fingerprint density at radius 1 is 0.769 bits per heavy atom. The molecule has 0 bridgehead atoms. The van der Waals surface area contributed by atoms with Crippen LogP contribution < -0.4 is 0 Å². The highest BCUT2D eigenvalue weighted by molar-refractivity contribution is 6.25. The predicted molar refractivity (Wildman–Crippen MR) is 98.5 cm³/mol. The van der Waals surface area contributed by atoms with E-state index in [0.717, 1.165) is 12.2 Å². The van der Waals surface area contributed by atoms with Crippen molar-refractivity contribution in [3.05, 3.63) is 71.8 Å². The summed E-state index contributed by atoms with van der Waals surface area (Å²) in [5, 5.41) is 19.4. The molecule has 0 saturated heterocycles. The molecule has 2 rings (SSSR count). The Kier molecular flexibility index (Phi) is 6.22. The Morgan fingerprint density at radius 2 is 1.15 bits per heavy atom. The van der Waals surface area contributed by atoms with Gasteiger partial charge >= 0.3 is 0 Å². The number of Topliss-reactive ketones (excluding diaryl/α,β-unsaturated/α-hetero) is 1. The lowest BCUT2D eigenvalue weighted by Crippen LogP contribution is -2.27. The number of carbonyl (C=O) groups is 3. The number of carbonyl (C=O) groups excluding carboxylic acids is 3. The van der Waals surface area contributed by atoms with Crippen molar-refractivity contribution in [2.45, 2.75) is 6.92 Å². The van der Waals surface area contributed by atoms with E-state index in [1.165, 1.54) is 31.2 Å². The number of phenolic OH excluding ortho intramolecular Hbond substituents is 2. The minimum Gasteiger partial charge on any atom is -0.507 e. The van der Waals surface area contributed by atoms with Crippen LogP contribution in [0.3, 0.4) is 0 Å². The summed E-state index contributed by atoms with van der Waals surface area (Å²) in [6.45, 7) is 1.17. The van der Waals surface area contributed by atoms with Gasteiger partial charge in [-0.25, -0.2) is 0 Å². The summed E-state index contributed by atoms with van der Waals surface area (Å²) in [6, 6.07) is 12.8. The summed E-state index contributed by atoms with van der Waals surface area (Å²) in [7, 11) is 0. The number of benzene rings is 2. The lowest BCUT2D eigenvalue weighted by Gasteiger charge is -2.06. The van der Waals surface area contributed by atoms with Crippen molar-refractivity contribution >= 4 is 29.5 Å². The highest BCUT2D eigenvalue weighted by Gasteiger charge is 2.27. The van der Waals surface area contributed by atoms with Gasteiger partial charge in [-0.2, -0.15) is 0 Å². The number of ketones is 3. The van der Waals surface area contributed by atoms with Gasteiger partial charge < -0.3 is 10.2 Å². The molecule has 0 fully saturated rings. The number of rotatable bonds is 7. The van der Waals surface area contributed by atoms with E-state index in [4.69, 9.17) is 0 Å². The molecule has 2 aromatic rings. The highest BCUT2D eigenvalue weighted by atomic mass is 16.3. The van der Waals surface area contributed by atoms with Crippen LogP contribution in [-0.4, -0.2) is 27.6 Å². The summed E-state index contributed by atoms with van der Waals surface area (Å²) in [5.41, 5.74) is 0.806. The van der Waals surface area contributed by atoms with Crippen LogP contribution in [0.5, 0.6) is 11.5 Å². The largest absolute Gasteiger partial charge is 0.507 e. The summed E-state index contributed by atoms with van der Waals surface area (Å²) in [6.07, 6.45) is 4.92. The third-order valence-corrected chi connectivity index (χ3v) is 3.70. The first-order chi connectivity index (χ1) is 12.4. The molecule has 0 spiro atoms. The number of aromatic hydroxyl groups is 2. The van der Waals surface area contributed by atoms with Crippen LogP contribution >= 0.6 is 0 Å². The molecule has 0 atom stereocenters. The quantitative estimate of drug-likeness (QED) is 0.591. The van der Waals surface area contributed by atoms with Crippen LogP contribution in [0.15, 0.2) is 60.7 Å². The number of phenols is 2. The third kappa shape index (κ3) is 4.77. The first-order valence-electron chi connectivity index (χ1n) is 7.90. The summed E-state index contributed by atoms with van der Waals surface area (Å²) in [4.78, 5) is 36.4. The number of hydrogen-bond donors (Lipinski definition) is 2. The predicted octanol–water partition coefficient (Wildman–Crippen LogP) is 3.17. The molecule has 0 radical (unpaired) electrons. The molecule has 2 N–H and O–H groups in total. The number of para-hydroxylation sites is 2. The zero-order valence-corrected chi connectivity index (χ0v) is 14.1. The molecule has 0 aliphatic heterocycles. The molecule has 5 heteroatoms. The Labute approximate surface area is 150 Å². The van der Waals surface area contributed by atoms with Crippen molar-refractivity contribution in [3.63, 3.8) is 0 Å². The van der Waals surface area contributed by atoms with E-state index in [-0.39, 0.29) is 11.5 Å². The molecule has 0 saturated carbocycles. The lowest BCUT2D eigenvalue weighted by atomic mass is 9.93. The number of hydrogen-bond acceptors (Lipinski definition) is 5. The van der Waals surface area contributed by atoms with Gasteiger partial charge in [-0.15, -0.1) is 0 Å². The summed E-state index contributed by atoms with van der Waals surface area (Å²) in [5.74, 6) is -3.41. The SMILES string of the molecule is CC(=O)C(C(=O)/C=C/c1ccccc1O)C(=O)/C=C/c1ccccc1O. The highest BCUT2D eigenvalue weighted by Crippen LogP contribution is 2.19.